The summed E-state index contributed by atoms with van der Waals surface area (Å²) in [4.78, 5) is 28.0. The van der Waals surface area contributed by atoms with Crippen LogP contribution in [0.1, 0.15) is 25.7 Å². The van der Waals surface area contributed by atoms with Gasteiger partial charge in [-0.05, 0) is 25.0 Å². The van der Waals surface area contributed by atoms with E-state index in [1.165, 1.54) is 0 Å². The zero-order chi connectivity index (χ0) is 20.2. The average molecular weight is 417 g/mol. The summed E-state index contributed by atoms with van der Waals surface area (Å²) in [5.41, 5.74) is 0.781. The van der Waals surface area contributed by atoms with Gasteiger partial charge in [0.2, 0.25) is 11.9 Å². The second kappa shape index (κ2) is 8.73. The molecule has 3 heterocycles. The SMILES string of the molecule is COc1ccccc1-c1nc(NC(=O)CCCC[C@@H]2SC[C@H]3NC(=O)N[C@@H]23)n[nH]1. The second-order valence-electron chi connectivity index (χ2n) is 7.12. The fourth-order valence-electron chi connectivity index (χ4n) is 3.74. The van der Waals surface area contributed by atoms with Crippen LogP contribution in [0.4, 0.5) is 10.7 Å². The lowest BCUT2D eigenvalue weighted by Crippen LogP contribution is -2.36. The zero-order valence-electron chi connectivity index (χ0n) is 16.1. The van der Waals surface area contributed by atoms with E-state index in [9.17, 15) is 9.59 Å². The standard InChI is InChI=1S/C19H24N6O3S/c1-28-13-7-3-2-6-11(13)17-23-18(25-24-17)21-15(26)9-5-4-8-14-16-12(10-29-14)20-19(27)22-16/h2-3,6-7,12,14,16H,4-5,8-10H2,1H3,(H2,20,22,27)(H2,21,23,24,25,26)/t12-,14+,16-/m1/s1. The predicted molar refractivity (Wildman–Crippen MR) is 111 cm³/mol. The van der Waals surface area contributed by atoms with Crippen molar-refractivity contribution in [1.29, 1.82) is 0 Å². The number of para-hydroxylation sites is 1. The number of carbonyl (C=O) groups is 2. The predicted octanol–water partition coefficient (Wildman–Crippen LogP) is 2.14. The molecule has 2 aliphatic heterocycles. The lowest BCUT2D eigenvalue weighted by Gasteiger charge is -2.16. The van der Waals surface area contributed by atoms with Gasteiger partial charge < -0.3 is 15.4 Å². The first kappa shape index (κ1) is 19.6. The van der Waals surface area contributed by atoms with E-state index in [0.717, 1.165) is 30.6 Å². The van der Waals surface area contributed by atoms with E-state index in [4.69, 9.17) is 4.74 Å². The summed E-state index contributed by atoms with van der Waals surface area (Å²) in [6.45, 7) is 0. The van der Waals surface area contributed by atoms with Crippen LogP contribution in [0.5, 0.6) is 5.75 Å². The smallest absolute Gasteiger partial charge is 0.315 e. The van der Waals surface area contributed by atoms with Crippen molar-refractivity contribution in [3.8, 4) is 17.1 Å². The van der Waals surface area contributed by atoms with Gasteiger partial charge in [-0.15, -0.1) is 5.10 Å². The Bertz CT molecular complexity index is 888. The molecule has 2 aliphatic rings. The third-order valence-corrected chi connectivity index (χ3v) is 6.69. The number of methoxy groups -OCH3 is 1. The fourth-order valence-corrected chi connectivity index (χ4v) is 5.28. The number of benzene rings is 1. The Labute approximate surface area is 172 Å². The molecule has 1 aromatic carbocycles. The number of unbranched alkanes of at least 4 members (excludes halogenated alkanes) is 1. The number of fused-ring (bicyclic) bond motifs is 1. The fraction of sp³-hybridized carbons (Fsp3) is 0.474. The normalized spacial score (nSPS) is 22.7. The van der Waals surface area contributed by atoms with Crippen molar-refractivity contribution in [3.05, 3.63) is 24.3 Å². The molecule has 154 valence electrons. The van der Waals surface area contributed by atoms with Crippen LogP contribution in [0, 0.1) is 0 Å². The highest BCUT2D eigenvalue weighted by atomic mass is 32.2. The summed E-state index contributed by atoms with van der Waals surface area (Å²) < 4.78 is 5.33. The molecule has 0 unspecified atom stereocenters. The Morgan fingerprint density at radius 2 is 2.17 bits per heavy atom. The number of aromatic amines is 1. The Kier molecular flexibility index (Phi) is 5.89. The van der Waals surface area contributed by atoms with Gasteiger partial charge in [0.05, 0.1) is 24.8 Å². The molecule has 3 amide bonds. The molecule has 2 saturated heterocycles. The number of amides is 3. The quantitative estimate of drug-likeness (QED) is 0.386. The number of nitrogens with one attached hydrogen (secondary N) is 4. The van der Waals surface area contributed by atoms with Crippen LogP contribution in [0.2, 0.25) is 0 Å². The first-order chi connectivity index (χ1) is 14.1. The number of urea groups is 1. The number of rotatable bonds is 8. The number of aromatic nitrogens is 3. The van der Waals surface area contributed by atoms with Gasteiger partial charge in [-0.3, -0.25) is 15.2 Å². The molecule has 0 aliphatic carbocycles. The molecule has 2 aromatic rings. The van der Waals surface area contributed by atoms with Gasteiger partial charge in [0.25, 0.3) is 0 Å². The number of thioether (sulfide) groups is 1. The topological polar surface area (TPSA) is 121 Å². The number of anilines is 1. The number of carbonyl (C=O) groups excluding carboxylic acids is 2. The lowest BCUT2D eigenvalue weighted by molar-refractivity contribution is -0.116. The van der Waals surface area contributed by atoms with Crippen molar-refractivity contribution in [3.63, 3.8) is 0 Å². The van der Waals surface area contributed by atoms with Crippen LogP contribution in [-0.2, 0) is 4.79 Å². The maximum Gasteiger partial charge on any atom is 0.315 e. The molecule has 0 spiro atoms. The Morgan fingerprint density at radius 3 is 3.03 bits per heavy atom. The first-order valence-electron chi connectivity index (χ1n) is 9.68. The van der Waals surface area contributed by atoms with Gasteiger partial charge in [0.1, 0.15) is 5.75 Å². The molecule has 10 heteroatoms. The maximum absolute atomic E-state index is 12.2. The van der Waals surface area contributed by atoms with E-state index >= 15 is 0 Å². The van der Waals surface area contributed by atoms with E-state index in [2.05, 4.69) is 31.1 Å². The third kappa shape index (κ3) is 4.47. The molecule has 3 atom stereocenters. The number of H-pyrrole nitrogens is 1. The summed E-state index contributed by atoms with van der Waals surface area (Å²) >= 11 is 1.89. The van der Waals surface area contributed by atoms with E-state index in [1.54, 1.807) is 7.11 Å². The van der Waals surface area contributed by atoms with Crippen LogP contribution >= 0.6 is 11.8 Å². The molecule has 0 saturated carbocycles. The average Bonchev–Trinajstić information content (AvgIpc) is 3.42. The number of ether oxygens (including phenoxy) is 1. The summed E-state index contributed by atoms with van der Waals surface area (Å²) in [5, 5.41) is 16.0. The minimum absolute atomic E-state index is 0.0660. The Hall–Kier alpha value is -2.75. The van der Waals surface area contributed by atoms with E-state index < -0.39 is 0 Å². The highest BCUT2D eigenvalue weighted by Gasteiger charge is 2.42. The number of hydrogen-bond donors (Lipinski definition) is 4. The third-order valence-electron chi connectivity index (χ3n) is 5.18. The van der Waals surface area contributed by atoms with Crippen molar-refractivity contribution < 1.29 is 14.3 Å². The Morgan fingerprint density at radius 1 is 1.31 bits per heavy atom. The van der Waals surface area contributed by atoms with Gasteiger partial charge in [-0.2, -0.15) is 16.7 Å². The molecule has 4 rings (SSSR count). The highest BCUT2D eigenvalue weighted by Crippen LogP contribution is 2.33. The molecular formula is C19H24N6O3S. The largest absolute Gasteiger partial charge is 0.496 e. The van der Waals surface area contributed by atoms with Crippen LogP contribution in [-0.4, -0.2) is 57.3 Å². The zero-order valence-corrected chi connectivity index (χ0v) is 16.9. The molecule has 4 N–H and O–H groups in total. The van der Waals surface area contributed by atoms with Crippen LogP contribution < -0.4 is 20.7 Å². The first-order valence-corrected chi connectivity index (χ1v) is 10.7. The van der Waals surface area contributed by atoms with Gasteiger partial charge in [-0.25, -0.2) is 4.79 Å². The summed E-state index contributed by atoms with van der Waals surface area (Å²) in [7, 11) is 1.60. The van der Waals surface area contributed by atoms with Crippen LogP contribution in [0.3, 0.4) is 0 Å². The highest BCUT2D eigenvalue weighted by molar-refractivity contribution is 8.00. The second-order valence-corrected chi connectivity index (χ2v) is 8.40. The molecule has 2 fully saturated rings. The number of hydrogen-bond acceptors (Lipinski definition) is 6. The van der Waals surface area contributed by atoms with Gasteiger partial charge in [0, 0.05) is 17.4 Å². The van der Waals surface area contributed by atoms with E-state index in [-0.39, 0.29) is 30.0 Å². The van der Waals surface area contributed by atoms with Crippen molar-refractivity contribution in [2.24, 2.45) is 0 Å². The molecule has 29 heavy (non-hydrogen) atoms. The van der Waals surface area contributed by atoms with Gasteiger partial charge >= 0.3 is 6.03 Å². The molecule has 0 radical (unpaired) electrons. The molecule has 9 nitrogen and oxygen atoms in total. The van der Waals surface area contributed by atoms with Crippen molar-refractivity contribution in [2.75, 3.05) is 18.2 Å². The van der Waals surface area contributed by atoms with Gasteiger partial charge in [-0.1, -0.05) is 18.6 Å². The van der Waals surface area contributed by atoms with Crippen molar-refractivity contribution >= 4 is 29.6 Å². The summed E-state index contributed by atoms with van der Waals surface area (Å²) in [6.07, 6.45) is 3.12. The summed E-state index contributed by atoms with van der Waals surface area (Å²) in [5.74, 6) is 2.32. The summed E-state index contributed by atoms with van der Waals surface area (Å²) in [6, 6.07) is 7.86. The minimum atomic E-state index is -0.108. The van der Waals surface area contributed by atoms with Crippen LogP contribution in [0.15, 0.2) is 24.3 Å². The minimum Gasteiger partial charge on any atom is -0.496 e. The monoisotopic (exact) mass is 416 g/mol. The van der Waals surface area contributed by atoms with Crippen LogP contribution in [0.25, 0.3) is 11.4 Å². The van der Waals surface area contributed by atoms with Crippen molar-refractivity contribution in [1.82, 2.24) is 25.8 Å². The number of nitrogens with zero attached hydrogens (tertiary/aromatic N) is 2. The van der Waals surface area contributed by atoms with E-state index in [0.29, 0.717) is 23.2 Å². The van der Waals surface area contributed by atoms with Crippen molar-refractivity contribution in [2.45, 2.75) is 43.0 Å². The lowest BCUT2D eigenvalue weighted by atomic mass is 10.0. The molecule has 0 bridgehead atoms. The van der Waals surface area contributed by atoms with E-state index in [1.807, 2.05) is 36.0 Å². The molecule has 1 aromatic heterocycles. The Balaban J connectivity index is 1.21. The molecular weight excluding hydrogens is 392 g/mol. The maximum atomic E-state index is 12.2. The van der Waals surface area contributed by atoms with Gasteiger partial charge in [0.15, 0.2) is 5.82 Å².